The van der Waals surface area contributed by atoms with E-state index in [-0.39, 0.29) is 11.4 Å². The fourth-order valence-electron chi connectivity index (χ4n) is 5.60. The zero-order valence-electron chi connectivity index (χ0n) is 23.7. The van der Waals surface area contributed by atoms with E-state index in [1.165, 1.54) is 73.6 Å². The third kappa shape index (κ3) is 9.14. The molecule has 1 fully saturated rings. The molecule has 0 heterocycles. The van der Waals surface area contributed by atoms with E-state index in [9.17, 15) is 4.79 Å². The van der Waals surface area contributed by atoms with Crippen molar-refractivity contribution in [2.24, 2.45) is 5.41 Å². The number of rotatable bonds is 14. The van der Waals surface area contributed by atoms with Gasteiger partial charge in [0.25, 0.3) is 0 Å². The lowest BCUT2D eigenvalue weighted by Gasteiger charge is -2.30. The van der Waals surface area contributed by atoms with Crippen LogP contribution in [0.4, 0.5) is 0 Å². The molecule has 0 aromatic heterocycles. The average Bonchev–Trinajstić information content (AvgIpc) is 2.92. The Hall–Kier alpha value is -2.39. The number of ether oxygens (including phenoxy) is 2. The van der Waals surface area contributed by atoms with Gasteiger partial charge in [-0.3, -0.25) is 0 Å². The normalized spacial score (nSPS) is 19.2. The van der Waals surface area contributed by atoms with Gasteiger partial charge in [0.1, 0.15) is 0 Å². The van der Waals surface area contributed by atoms with Gasteiger partial charge in [-0.25, -0.2) is 4.79 Å². The summed E-state index contributed by atoms with van der Waals surface area (Å²) < 4.78 is 10.9. The van der Waals surface area contributed by atoms with Crippen LogP contribution in [0.2, 0.25) is 0 Å². The molecule has 3 heteroatoms. The number of hydrogen-bond acceptors (Lipinski definition) is 3. The van der Waals surface area contributed by atoms with Crippen LogP contribution in [0.5, 0.6) is 0 Å². The van der Waals surface area contributed by atoms with E-state index in [1.807, 2.05) is 0 Å². The van der Waals surface area contributed by atoms with E-state index >= 15 is 0 Å². The third-order valence-corrected chi connectivity index (χ3v) is 8.11. The molecule has 1 unspecified atom stereocenters. The van der Waals surface area contributed by atoms with Crippen molar-refractivity contribution in [3.63, 3.8) is 0 Å². The van der Waals surface area contributed by atoms with Crippen molar-refractivity contribution in [1.82, 2.24) is 0 Å². The SMILES string of the molecule is C=C(C)C(=O)OCC(C)(CCc1ccc(C2CCC(c3ccc(CCCCC)cc3)CC2)cc1)COC. The molecular weight excluding hydrogens is 456 g/mol. The molecule has 3 rings (SSSR count). The number of esters is 1. The lowest BCUT2D eigenvalue weighted by Crippen LogP contribution is -2.30. The largest absolute Gasteiger partial charge is 0.462 e. The highest BCUT2D eigenvalue weighted by Gasteiger charge is 2.27. The van der Waals surface area contributed by atoms with Crippen molar-refractivity contribution in [2.75, 3.05) is 20.3 Å². The predicted molar refractivity (Wildman–Crippen MR) is 154 cm³/mol. The minimum Gasteiger partial charge on any atom is -0.462 e. The summed E-state index contributed by atoms with van der Waals surface area (Å²) in [5.41, 5.74) is 6.03. The zero-order chi connectivity index (χ0) is 26.7. The standard InChI is InChI=1S/C34H48O3/c1-6-7-8-9-27-10-14-29(15-11-27)31-18-20-32(21-19-31)30-16-12-28(13-17-30)22-23-34(4,24-36-5)25-37-33(35)26(2)3/h10-17,31-32H,2,6-9,18-25H2,1,3-5H3. The lowest BCUT2D eigenvalue weighted by molar-refractivity contribution is -0.143. The van der Waals surface area contributed by atoms with Gasteiger partial charge >= 0.3 is 5.97 Å². The fourth-order valence-corrected chi connectivity index (χ4v) is 5.60. The second-order valence-electron chi connectivity index (χ2n) is 11.6. The Morgan fingerprint density at radius 2 is 1.38 bits per heavy atom. The van der Waals surface area contributed by atoms with Crippen LogP contribution in [0.25, 0.3) is 0 Å². The Balaban J connectivity index is 1.48. The van der Waals surface area contributed by atoms with Crippen molar-refractivity contribution >= 4 is 5.97 Å². The number of aryl methyl sites for hydroxylation is 2. The monoisotopic (exact) mass is 504 g/mol. The van der Waals surface area contributed by atoms with Crippen molar-refractivity contribution in [3.8, 4) is 0 Å². The zero-order valence-corrected chi connectivity index (χ0v) is 23.7. The van der Waals surface area contributed by atoms with Crippen LogP contribution in [-0.4, -0.2) is 26.3 Å². The Bertz CT molecular complexity index is 967. The van der Waals surface area contributed by atoms with Crippen LogP contribution in [0, 0.1) is 5.41 Å². The maximum absolute atomic E-state index is 11.9. The summed E-state index contributed by atoms with van der Waals surface area (Å²) in [7, 11) is 1.70. The van der Waals surface area contributed by atoms with Gasteiger partial charge in [0.2, 0.25) is 0 Å². The van der Waals surface area contributed by atoms with Crippen LogP contribution in [-0.2, 0) is 27.1 Å². The molecule has 0 aliphatic heterocycles. The van der Waals surface area contributed by atoms with Gasteiger partial charge in [0.15, 0.2) is 0 Å². The van der Waals surface area contributed by atoms with Gasteiger partial charge in [-0.15, -0.1) is 0 Å². The van der Waals surface area contributed by atoms with Gasteiger partial charge < -0.3 is 9.47 Å². The van der Waals surface area contributed by atoms with Crippen LogP contribution in [0.1, 0.15) is 106 Å². The average molecular weight is 505 g/mol. The first-order chi connectivity index (χ1) is 17.8. The van der Waals surface area contributed by atoms with Crippen molar-refractivity contribution < 1.29 is 14.3 Å². The van der Waals surface area contributed by atoms with E-state index in [1.54, 1.807) is 14.0 Å². The molecule has 2 aromatic rings. The molecule has 1 aliphatic carbocycles. The fraction of sp³-hybridized carbons (Fsp3) is 0.559. The number of hydrogen-bond donors (Lipinski definition) is 0. The van der Waals surface area contributed by atoms with Crippen LogP contribution in [0.3, 0.4) is 0 Å². The van der Waals surface area contributed by atoms with Crippen LogP contribution >= 0.6 is 0 Å². The Morgan fingerprint density at radius 3 is 1.84 bits per heavy atom. The van der Waals surface area contributed by atoms with Gasteiger partial charge in [0.05, 0.1) is 13.2 Å². The summed E-state index contributed by atoms with van der Waals surface area (Å²) >= 11 is 0. The van der Waals surface area contributed by atoms with Crippen LogP contribution in [0.15, 0.2) is 60.7 Å². The maximum atomic E-state index is 11.9. The Labute approximate surface area is 225 Å². The molecule has 1 saturated carbocycles. The minimum atomic E-state index is -0.333. The Morgan fingerprint density at radius 1 is 0.865 bits per heavy atom. The number of benzene rings is 2. The van der Waals surface area contributed by atoms with E-state index in [2.05, 4.69) is 69.0 Å². The van der Waals surface area contributed by atoms with Gasteiger partial charge in [0, 0.05) is 18.1 Å². The molecule has 0 bridgehead atoms. The molecule has 37 heavy (non-hydrogen) atoms. The number of methoxy groups -OCH3 is 1. The van der Waals surface area contributed by atoms with Gasteiger partial charge in [-0.2, -0.15) is 0 Å². The lowest BCUT2D eigenvalue weighted by atomic mass is 9.76. The first-order valence-electron chi connectivity index (χ1n) is 14.3. The second-order valence-corrected chi connectivity index (χ2v) is 11.6. The molecule has 0 amide bonds. The summed E-state index contributed by atoms with van der Waals surface area (Å²) in [5.74, 6) is 1.04. The summed E-state index contributed by atoms with van der Waals surface area (Å²) in [6.07, 6.45) is 12.0. The maximum Gasteiger partial charge on any atom is 0.333 e. The highest BCUT2D eigenvalue weighted by molar-refractivity contribution is 5.86. The summed E-state index contributed by atoms with van der Waals surface area (Å²) in [5, 5.41) is 0. The quantitative estimate of drug-likeness (QED) is 0.147. The topological polar surface area (TPSA) is 35.5 Å². The van der Waals surface area contributed by atoms with Crippen molar-refractivity contribution in [3.05, 3.63) is 82.9 Å². The predicted octanol–water partition coefficient (Wildman–Crippen LogP) is 8.57. The highest BCUT2D eigenvalue weighted by Crippen LogP contribution is 2.40. The molecule has 202 valence electrons. The summed E-state index contributed by atoms with van der Waals surface area (Å²) in [6, 6.07) is 18.7. The number of unbranched alkanes of at least 4 members (excludes halogenated alkanes) is 2. The number of carbonyl (C=O) groups is 1. The van der Waals surface area contributed by atoms with E-state index in [0.29, 0.717) is 30.6 Å². The van der Waals surface area contributed by atoms with E-state index < -0.39 is 0 Å². The van der Waals surface area contributed by atoms with Crippen molar-refractivity contribution in [2.45, 2.75) is 96.8 Å². The molecule has 0 saturated heterocycles. The smallest absolute Gasteiger partial charge is 0.333 e. The molecule has 3 nitrogen and oxygen atoms in total. The summed E-state index contributed by atoms with van der Waals surface area (Å²) in [4.78, 5) is 11.9. The van der Waals surface area contributed by atoms with E-state index in [4.69, 9.17) is 9.47 Å². The third-order valence-electron chi connectivity index (χ3n) is 8.11. The van der Waals surface area contributed by atoms with E-state index in [0.717, 1.165) is 12.8 Å². The molecular formula is C34H48O3. The first kappa shape index (κ1) is 29.2. The van der Waals surface area contributed by atoms with Crippen LogP contribution < -0.4 is 0 Å². The van der Waals surface area contributed by atoms with Crippen molar-refractivity contribution in [1.29, 1.82) is 0 Å². The molecule has 0 spiro atoms. The number of carbonyl (C=O) groups excluding carboxylic acids is 1. The highest BCUT2D eigenvalue weighted by atomic mass is 16.5. The van der Waals surface area contributed by atoms with Gasteiger partial charge in [-0.1, -0.05) is 81.8 Å². The molecule has 0 radical (unpaired) electrons. The molecule has 1 atom stereocenters. The molecule has 1 aliphatic rings. The van der Waals surface area contributed by atoms with Gasteiger partial charge in [-0.05, 0) is 92.4 Å². The molecule has 0 N–H and O–H groups in total. The summed E-state index contributed by atoms with van der Waals surface area (Å²) in [6.45, 7) is 10.6. The molecule has 2 aromatic carbocycles. The minimum absolute atomic E-state index is 0.218. The first-order valence-corrected chi connectivity index (χ1v) is 14.3. The second kappa shape index (κ2) is 14.5. The Kier molecular flexibility index (Phi) is 11.4.